The van der Waals surface area contributed by atoms with E-state index in [1.54, 1.807) is 0 Å². The quantitative estimate of drug-likeness (QED) is 0.660. The van der Waals surface area contributed by atoms with Gasteiger partial charge in [-0.3, -0.25) is 0 Å². The zero-order valence-corrected chi connectivity index (χ0v) is 10.4. The van der Waals surface area contributed by atoms with Gasteiger partial charge in [-0.05, 0) is 24.6 Å². The molecular formula is C13H14ClNO2. The van der Waals surface area contributed by atoms with Gasteiger partial charge in [0.2, 0.25) is 0 Å². The van der Waals surface area contributed by atoms with Crippen LogP contribution >= 0.6 is 11.6 Å². The maximum Gasteiger partial charge on any atom is 0.179 e. The minimum Gasteiger partial charge on any atom is -0.486 e. The summed E-state index contributed by atoms with van der Waals surface area (Å²) >= 11 is 6.13. The molecular weight excluding hydrogens is 238 g/mol. The van der Waals surface area contributed by atoms with Gasteiger partial charge >= 0.3 is 0 Å². The van der Waals surface area contributed by atoms with Gasteiger partial charge in [0.25, 0.3) is 0 Å². The lowest BCUT2D eigenvalue weighted by atomic mass is 10.2. The van der Waals surface area contributed by atoms with Gasteiger partial charge < -0.3 is 14.8 Å². The Kier molecular flexibility index (Phi) is 4.13. The summed E-state index contributed by atoms with van der Waals surface area (Å²) in [6.07, 6.45) is 0. The van der Waals surface area contributed by atoms with E-state index in [0.29, 0.717) is 37.1 Å². The molecule has 1 aliphatic heterocycles. The molecule has 0 radical (unpaired) electrons. The van der Waals surface area contributed by atoms with E-state index in [-0.39, 0.29) is 0 Å². The first-order valence-electron chi connectivity index (χ1n) is 5.49. The van der Waals surface area contributed by atoms with Crippen molar-refractivity contribution >= 4 is 11.6 Å². The number of halogens is 1. The summed E-state index contributed by atoms with van der Waals surface area (Å²) in [5.41, 5.74) is 1.07. The van der Waals surface area contributed by atoms with Gasteiger partial charge in [0.15, 0.2) is 11.5 Å². The molecule has 1 aliphatic rings. The Bertz CT molecular complexity index is 462. The second kappa shape index (κ2) is 5.81. The molecule has 17 heavy (non-hydrogen) atoms. The molecule has 1 aromatic rings. The Morgan fingerprint density at radius 2 is 2.18 bits per heavy atom. The predicted octanol–water partition coefficient (Wildman–Crippen LogP) is 2.22. The molecule has 0 fully saturated rings. The fourth-order valence-corrected chi connectivity index (χ4v) is 1.91. The fraction of sp³-hybridized carbons (Fsp3) is 0.385. The topological polar surface area (TPSA) is 30.5 Å². The summed E-state index contributed by atoms with van der Waals surface area (Å²) in [6.45, 7) is 4.33. The van der Waals surface area contributed by atoms with Crippen molar-refractivity contribution in [2.75, 3.05) is 19.8 Å². The van der Waals surface area contributed by atoms with Crippen molar-refractivity contribution in [2.24, 2.45) is 0 Å². The van der Waals surface area contributed by atoms with Crippen LogP contribution in [0, 0.1) is 11.8 Å². The van der Waals surface area contributed by atoms with Crippen LogP contribution in [0.3, 0.4) is 0 Å². The average molecular weight is 252 g/mol. The van der Waals surface area contributed by atoms with Gasteiger partial charge in [-0.1, -0.05) is 17.5 Å². The van der Waals surface area contributed by atoms with Crippen LogP contribution in [0.2, 0.25) is 5.02 Å². The molecule has 1 heterocycles. The Morgan fingerprint density at radius 3 is 3.00 bits per heavy atom. The molecule has 0 spiro atoms. The Morgan fingerprint density at radius 1 is 1.35 bits per heavy atom. The number of ether oxygens (including phenoxy) is 2. The summed E-state index contributed by atoms with van der Waals surface area (Å²) in [6, 6.07) is 3.84. The van der Waals surface area contributed by atoms with Crippen molar-refractivity contribution in [1.29, 1.82) is 0 Å². The van der Waals surface area contributed by atoms with Crippen molar-refractivity contribution < 1.29 is 9.47 Å². The zero-order chi connectivity index (χ0) is 12.1. The van der Waals surface area contributed by atoms with E-state index in [1.165, 1.54) is 0 Å². The third kappa shape index (κ3) is 3.06. The molecule has 0 saturated carbocycles. The average Bonchev–Trinajstić information content (AvgIpc) is 2.35. The lowest BCUT2D eigenvalue weighted by molar-refractivity contribution is 0.171. The van der Waals surface area contributed by atoms with E-state index in [4.69, 9.17) is 21.1 Å². The molecule has 0 saturated heterocycles. The van der Waals surface area contributed by atoms with Crippen LogP contribution in [0.5, 0.6) is 11.5 Å². The summed E-state index contributed by atoms with van der Waals surface area (Å²) in [4.78, 5) is 0. The van der Waals surface area contributed by atoms with Crippen LogP contribution in [0.25, 0.3) is 0 Å². The number of benzene rings is 1. The highest BCUT2D eigenvalue weighted by Gasteiger charge is 2.16. The molecule has 0 aliphatic carbocycles. The Balaban J connectivity index is 2.07. The number of rotatable bonds is 3. The van der Waals surface area contributed by atoms with Crippen molar-refractivity contribution in [3.63, 3.8) is 0 Å². The van der Waals surface area contributed by atoms with Gasteiger partial charge in [-0.15, -0.1) is 5.92 Å². The first kappa shape index (κ1) is 12.1. The Hall–Kier alpha value is -1.37. The molecule has 0 amide bonds. The summed E-state index contributed by atoms with van der Waals surface area (Å²) < 4.78 is 11.0. The Labute approximate surface area is 106 Å². The van der Waals surface area contributed by atoms with Gasteiger partial charge in [0.05, 0.1) is 11.6 Å². The standard InChI is InChI=1S/C13H14ClNO2/c1-2-3-4-15-9-10-7-11(14)13-12(8-10)16-5-6-17-13/h7-8,15H,4-6,9H2,1H3. The highest BCUT2D eigenvalue weighted by Crippen LogP contribution is 2.38. The molecule has 0 aromatic heterocycles. The second-order valence-electron chi connectivity index (χ2n) is 3.63. The molecule has 0 bridgehead atoms. The minimum absolute atomic E-state index is 0.552. The van der Waals surface area contributed by atoms with Crippen molar-refractivity contribution in [3.8, 4) is 23.3 Å². The lowest BCUT2D eigenvalue weighted by Crippen LogP contribution is -2.17. The number of hydrogen-bond acceptors (Lipinski definition) is 3. The van der Waals surface area contributed by atoms with Gasteiger partial charge in [0.1, 0.15) is 13.2 Å². The van der Waals surface area contributed by atoms with Gasteiger partial charge in [-0.25, -0.2) is 0 Å². The third-order valence-corrected chi connectivity index (χ3v) is 2.66. The molecule has 4 heteroatoms. The van der Waals surface area contributed by atoms with Crippen LogP contribution in [0.4, 0.5) is 0 Å². The largest absolute Gasteiger partial charge is 0.486 e. The summed E-state index contributed by atoms with van der Waals surface area (Å²) in [5.74, 6) is 7.15. The van der Waals surface area contributed by atoms with E-state index in [2.05, 4.69) is 17.2 Å². The molecule has 1 N–H and O–H groups in total. The van der Waals surface area contributed by atoms with E-state index in [1.807, 2.05) is 19.1 Å². The van der Waals surface area contributed by atoms with Crippen molar-refractivity contribution in [2.45, 2.75) is 13.5 Å². The maximum atomic E-state index is 6.13. The number of nitrogens with one attached hydrogen (secondary N) is 1. The molecule has 2 rings (SSSR count). The van der Waals surface area contributed by atoms with Crippen molar-refractivity contribution in [1.82, 2.24) is 5.32 Å². The number of fused-ring (bicyclic) bond motifs is 1. The first-order valence-corrected chi connectivity index (χ1v) is 5.87. The van der Waals surface area contributed by atoms with Gasteiger partial charge in [0, 0.05) is 6.54 Å². The zero-order valence-electron chi connectivity index (χ0n) is 9.68. The van der Waals surface area contributed by atoms with E-state index < -0.39 is 0 Å². The molecule has 3 nitrogen and oxygen atoms in total. The number of hydrogen-bond donors (Lipinski definition) is 1. The van der Waals surface area contributed by atoms with E-state index >= 15 is 0 Å². The highest BCUT2D eigenvalue weighted by molar-refractivity contribution is 6.32. The SMILES string of the molecule is CC#CCNCc1cc(Cl)c2c(c1)OCCO2. The first-order chi connectivity index (χ1) is 8.31. The monoisotopic (exact) mass is 251 g/mol. The van der Waals surface area contributed by atoms with Crippen molar-refractivity contribution in [3.05, 3.63) is 22.7 Å². The maximum absolute atomic E-state index is 6.13. The van der Waals surface area contributed by atoms with Crippen LogP contribution in [0.15, 0.2) is 12.1 Å². The fourth-order valence-electron chi connectivity index (χ4n) is 1.62. The van der Waals surface area contributed by atoms with Crippen LogP contribution in [-0.2, 0) is 6.54 Å². The van der Waals surface area contributed by atoms with Crippen LogP contribution < -0.4 is 14.8 Å². The van der Waals surface area contributed by atoms with Crippen LogP contribution in [-0.4, -0.2) is 19.8 Å². The summed E-state index contributed by atoms with van der Waals surface area (Å²) in [5, 5.41) is 3.81. The van der Waals surface area contributed by atoms with E-state index in [9.17, 15) is 0 Å². The highest BCUT2D eigenvalue weighted by atomic mass is 35.5. The molecule has 0 atom stereocenters. The van der Waals surface area contributed by atoms with Crippen LogP contribution in [0.1, 0.15) is 12.5 Å². The molecule has 90 valence electrons. The predicted molar refractivity (Wildman–Crippen MR) is 67.6 cm³/mol. The second-order valence-corrected chi connectivity index (χ2v) is 4.04. The normalized spacial score (nSPS) is 12.8. The summed E-state index contributed by atoms with van der Waals surface area (Å²) in [7, 11) is 0. The molecule has 0 unspecified atom stereocenters. The molecule has 1 aromatic carbocycles. The lowest BCUT2D eigenvalue weighted by Gasteiger charge is -2.20. The van der Waals surface area contributed by atoms with Gasteiger partial charge in [-0.2, -0.15) is 0 Å². The smallest absolute Gasteiger partial charge is 0.179 e. The van der Waals surface area contributed by atoms with E-state index in [0.717, 1.165) is 11.3 Å². The minimum atomic E-state index is 0.552. The third-order valence-electron chi connectivity index (χ3n) is 2.38.